The third kappa shape index (κ3) is 6.07. The molecule has 1 atom stereocenters. The standard InChI is InChI=1S/C34H34N2O4/c1-22-11-5-6-12-24(22)30-18-17-23(20-35-30)19-31(32(37)40-34(2,3)4)36-33(38)39-21-29-27-15-9-7-13-25(27)26-14-8-10-16-28(26)29/h5-18,20,29,31H,19,21H2,1-4H3,(H,36,38)/t31-/m0/s1. The number of aryl methyl sites for hydroxylation is 1. The second-order valence-corrected chi connectivity index (χ2v) is 11.1. The van der Waals surface area contributed by atoms with Crippen LogP contribution in [0.5, 0.6) is 0 Å². The Balaban J connectivity index is 1.29. The summed E-state index contributed by atoms with van der Waals surface area (Å²) in [7, 11) is 0. The van der Waals surface area contributed by atoms with Gasteiger partial charge in [-0.2, -0.15) is 0 Å². The van der Waals surface area contributed by atoms with Crippen LogP contribution in [-0.4, -0.2) is 35.3 Å². The molecule has 4 aromatic rings. The number of carbonyl (C=O) groups is 2. The molecule has 40 heavy (non-hydrogen) atoms. The van der Waals surface area contributed by atoms with Gasteiger partial charge in [0.15, 0.2) is 0 Å². The molecule has 5 rings (SSSR count). The first-order valence-electron chi connectivity index (χ1n) is 13.5. The summed E-state index contributed by atoms with van der Waals surface area (Å²) < 4.78 is 11.3. The Kier molecular flexibility index (Phi) is 7.69. The van der Waals surface area contributed by atoms with E-state index >= 15 is 0 Å². The highest BCUT2D eigenvalue weighted by Crippen LogP contribution is 2.44. The highest BCUT2D eigenvalue weighted by molar-refractivity contribution is 5.82. The van der Waals surface area contributed by atoms with Crippen LogP contribution >= 0.6 is 0 Å². The number of alkyl carbamates (subject to hydrolysis) is 1. The molecule has 1 heterocycles. The highest BCUT2D eigenvalue weighted by Gasteiger charge is 2.31. The number of amides is 1. The maximum Gasteiger partial charge on any atom is 0.407 e. The lowest BCUT2D eigenvalue weighted by atomic mass is 9.98. The van der Waals surface area contributed by atoms with Crippen LogP contribution in [0.2, 0.25) is 0 Å². The van der Waals surface area contributed by atoms with Crippen molar-refractivity contribution in [3.8, 4) is 22.4 Å². The highest BCUT2D eigenvalue weighted by atomic mass is 16.6. The van der Waals surface area contributed by atoms with Crippen molar-refractivity contribution in [3.63, 3.8) is 0 Å². The van der Waals surface area contributed by atoms with Gasteiger partial charge in [0.25, 0.3) is 0 Å². The number of fused-ring (bicyclic) bond motifs is 3. The number of ether oxygens (including phenoxy) is 2. The van der Waals surface area contributed by atoms with Gasteiger partial charge in [-0.25, -0.2) is 9.59 Å². The van der Waals surface area contributed by atoms with E-state index in [0.29, 0.717) is 0 Å². The van der Waals surface area contributed by atoms with E-state index < -0.39 is 23.7 Å². The molecule has 204 valence electrons. The molecular formula is C34H34N2O4. The van der Waals surface area contributed by atoms with Crippen LogP contribution in [0.15, 0.2) is 91.1 Å². The molecule has 0 saturated heterocycles. The van der Waals surface area contributed by atoms with Crippen LogP contribution in [0, 0.1) is 6.92 Å². The van der Waals surface area contributed by atoms with E-state index in [-0.39, 0.29) is 18.9 Å². The number of nitrogens with one attached hydrogen (secondary N) is 1. The van der Waals surface area contributed by atoms with Gasteiger partial charge in [0.05, 0.1) is 5.69 Å². The smallest absolute Gasteiger partial charge is 0.407 e. The van der Waals surface area contributed by atoms with E-state index in [9.17, 15) is 9.59 Å². The molecule has 0 aliphatic heterocycles. The second-order valence-electron chi connectivity index (χ2n) is 11.1. The summed E-state index contributed by atoms with van der Waals surface area (Å²) in [6.45, 7) is 7.60. The molecule has 0 spiro atoms. The fourth-order valence-electron chi connectivity index (χ4n) is 5.15. The third-order valence-corrected chi connectivity index (χ3v) is 7.01. The van der Waals surface area contributed by atoms with Crippen molar-refractivity contribution in [1.29, 1.82) is 0 Å². The molecule has 6 nitrogen and oxygen atoms in total. The van der Waals surface area contributed by atoms with Gasteiger partial charge in [-0.3, -0.25) is 4.98 Å². The van der Waals surface area contributed by atoms with Gasteiger partial charge in [-0.1, -0.05) is 78.9 Å². The van der Waals surface area contributed by atoms with Crippen molar-refractivity contribution < 1.29 is 19.1 Å². The van der Waals surface area contributed by atoms with E-state index in [1.54, 1.807) is 27.0 Å². The average molecular weight is 535 g/mol. The van der Waals surface area contributed by atoms with Crippen molar-refractivity contribution in [3.05, 3.63) is 113 Å². The van der Waals surface area contributed by atoms with Crippen molar-refractivity contribution in [2.45, 2.75) is 51.7 Å². The summed E-state index contributed by atoms with van der Waals surface area (Å²) in [5, 5.41) is 2.75. The van der Waals surface area contributed by atoms with Gasteiger partial charge in [-0.05, 0) is 67.1 Å². The molecule has 1 aliphatic rings. The lowest BCUT2D eigenvalue weighted by Crippen LogP contribution is -2.46. The molecule has 0 radical (unpaired) electrons. The molecule has 1 N–H and O–H groups in total. The minimum atomic E-state index is -0.930. The average Bonchev–Trinajstić information content (AvgIpc) is 3.25. The van der Waals surface area contributed by atoms with Gasteiger partial charge in [0.1, 0.15) is 18.2 Å². The van der Waals surface area contributed by atoms with E-state index in [1.807, 2.05) is 67.6 Å². The number of nitrogens with zero attached hydrogens (tertiary/aromatic N) is 1. The van der Waals surface area contributed by atoms with Crippen LogP contribution in [0.1, 0.15) is 48.9 Å². The first-order valence-corrected chi connectivity index (χ1v) is 13.5. The number of aromatic nitrogens is 1. The zero-order chi connectivity index (χ0) is 28.3. The fourth-order valence-corrected chi connectivity index (χ4v) is 5.15. The summed E-state index contributed by atoms with van der Waals surface area (Å²) >= 11 is 0. The monoisotopic (exact) mass is 534 g/mol. The summed E-state index contributed by atoms with van der Waals surface area (Å²) in [5.74, 6) is -0.597. The number of esters is 1. The predicted octanol–water partition coefficient (Wildman–Crippen LogP) is 6.85. The Labute approximate surface area is 235 Å². The molecule has 0 bridgehead atoms. The summed E-state index contributed by atoms with van der Waals surface area (Å²) in [5.41, 5.74) is 7.68. The third-order valence-electron chi connectivity index (χ3n) is 7.01. The summed E-state index contributed by atoms with van der Waals surface area (Å²) in [6.07, 6.45) is 1.29. The van der Waals surface area contributed by atoms with E-state index in [1.165, 1.54) is 0 Å². The van der Waals surface area contributed by atoms with Gasteiger partial charge >= 0.3 is 12.1 Å². The van der Waals surface area contributed by atoms with Crippen molar-refractivity contribution in [1.82, 2.24) is 10.3 Å². The number of pyridine rings is 1. The minimum absolute atomic E-state index is 0.0729. The van der Waals surface area contributed by atoms with Gasteiger partial charge in [0, 0.05) is 24.1 Å². The van der Waals surface area contributed by atoms with E-state index in [4.69, 9.17) is 9.47 Å². The second kappa shape index (κ2) is 11.3. The number of carbonyl (C=O) groups excluding carboxylic acids is 2. The molecule has 0 saturated carbocycles. The van der Waals surface area contributed by atoms with Crippen molar-refractivity contribution in [2.75, 3.05) is 6.61 Å². The van der Waals surface area contributed by atoms with E-state index in [2.05, 4.69) is 34.6 Å². The Bertz CT molecular complexity index is 1480. The molecule has 1 aromatic heterocycles. The first kappa shape index (κ1) is 27.1. The normalized spacial score (nSPS) is 13.2. The molecule has 0 fully saturated rings. The summed E-state index contributed by atoms with van der Waals surface area (Å²) in [4.78, 5) is 30.7. The largest absolute Gasteiger partial charge is 0.458 e. The molecule has 3 aromatic carbocycles. The Morgan fingerprint density at radius 3 is 2.02 bits per heavy atom. The maximum atomic E-state index is 13.1. The van der Waals surface area contributed by atoms with Crippen LogP contribution in [0.3, 0.4) is 0 Å². The first-order chi connectivity index (χ1) is 19.2. The lowest BCUT2D eigenvalue weighted by Gasteiger charge is -2.25. The quantitative estimate of drug-likeness (QED) is 0.263. The zero-order valence-corrected chi connectivity index (χ0v) is 23.3. The van der Waals surface area contributed by atoms with Gasteiger partial charge in [-0.15, -0.1) is 0 Å². The molecular weight excluding hydrogens is 500 g/mol. The SMILES string of the molecule is Cc1ccccc1-c1ccc(C[C@H](NC(=O)OCC2c3ccccc3-c3ccccc32)C(=O)OC(C)(C)C)cn1. The predicted molar refractivity (Wildman–Crippen MR) is 156 cm³/mol. The number of benzene rings is 3. The topological polar surface area (TPSA) is 77.5 Å². The summed E-state index contributed by atoms with van der Waals surface area (Å²) in [6, 6.07) is 27.3. The molecule has 6 heteroatoms. The minimum Gasteiger partial charge on any atom is -0.458 e. The van der Waals surface area contributed by atoms with Crippen LogP contribution in [0.25, 0.3) is 22.4 Å². The van der Waals surface area contributed by atoms with Crippen molar-refractivity contribution >= 4 is 12.1 Å². The molecule has 1 aliphatic carbocycles. The fraction of sp³-hybridized carbons (Fsp3) is 0.265. The molecule has 0 unspecified atom stereocenters. The van der Waals surface area contributed by atoms with E-state index in [0.717, 1.165) is 44.6 Å². The Morgan fingerprint density at radius 1 is 0.850 bits per heavy atom. The number of rotatable bonds is 7. The van der Waals surface area contributed by atoms with Crippen molar-refractivity contribution in [2.24, 2.45) is 0 Å². The van der Waals surface area contributed by atoms with Gasteiger partial charge in [0.2, 0.25) is 0 Å². The lowest BCUT2D eigenvalue weighted by molar-refractivity contribution is -0.157. The number of hydrogen-bond donors (Lipinski definition) is 1. The van der Waals surface area contributed by atoms with Crippen LogP contribution < -0.4 is 5.32 Å². The van der Waals surface area contributed by atoms with Crippen LogP contribution in [0.4, 0.5) is 4.79 Å². The van der Waals surface area contributed by atoms with Crippen LogP contribution in [-0.2, 0) is 20.7 Å². The Morgan fingerprint density at radius 2 is 1.45 bits per heavy atom. The molecule has 1 amide bonds. The Hall–Kier alpha value is -4.45. The zero-order valence-electron chi connectivity index (χ0n) is 23.3. The maximum absolute atomic E-state index is 13.1. The number of hydrogen-bond acceptors (Lipinski definition) is 5. The van der Waals surface area contributed by atoms with Gasteiger partial charge < -0.3 is 14.8 Å².